The summed E-state index contributed by atoms with van der Waals surface area (Å²) >= 11 is 0. The van der Waals surface area contributed by atoms with Gasteiger partial charge in [0.05, 0.1) is 13.4 Å². The number of anilines is 1. The average molecular weight is 416 g/mol. The van der Waals surface area contributed by atoms with Gasteiger partial charge in [0, 0.05) is 17.8 Å². The van der Waals surface area contributed by atoms with Gasteiger partial charge in [-0.3, -0.25) is 9.59 Å². The average Bonchev–Trinajstić information content (AvgIpc) is 3.28. The first-order chi connectivity index (χ1) is 14.5. The van der Waals surface area contributed by atoms with Crippen molar-refractivity contribution in [3.8, 4) is 11.5 Å². The molecule has 3 rings (SSSR count). The number of rotatable bonds is 8. The van der Waals surface area contributed by atoms with E-state index in [4.69, 9.17) is 9.15 Å². The van der Waals surface area contributed by atoms with Gasteiger partial charge < -0.3 is 24.5 Å². The van der Waals surface area contributed by atoms with Crippen LogP contribution in [0, 0.1) is 0 Å². The second-order valence-electron chi connectivity index (χ2n) is 6.06. The lowest BCUT2D eigenvalue weighted by Gasteiger charge is -2.12. The number of carbonyl (C=O) groups is 2. The smallest absolute Gasteiger partial charge is 0.387 e. The van der Waals surface area contributed by atoms with Crippen molar-refractivity contribution in [3.05, 3.63) is 77.7 Å². The lowest BCUT2D eigenvalue weighted by molar-refractivity contribution is -0.0512. The van der Waals surface area contributed by atoms with Gasteiger partial charge in [0.1, 0.15) is 0 Å². The largest absolute Gasteiger partial charge is 0.493 e. The molecular formula is C21H18F2N2O5. The van der Waals surface area contributed by atoms with Crippen LogP contribution < -0.4 is 20.1 Å². The summed E-state index contributed by atoms with van der Waals surface area (Å²) in [6.45, 7) is -2.81. The zero-order valence-corrected chi connectivity index (χ0v) is 15.9. The number of carbonyl (C=O) groups excluding carboxylic acids is 2. The Morgan fingerprint density at radius 1 is 1.03 bits per heavy atom. The van der Waals surface area contributed by atoms with Gasteiger partial charge >= 0.3 is 6.61 Å². The molecule has 30 heavy (non-hydrogen) atoms. The molecule has 0 aliphatic heterocycles. The number of nitrogens with one attached hydrogen (secondary N) is 2. The molecule has 0 radical (unpaired) electrons. The third-order valence-corrected chi connectivity index (χ3v) is 4.05. The van der Waals surface area contributed by atoms with Crippen molar-refractivity contribution in [1.29, 1.82) is 0 Å². The minimum atomic E-state index is -2.96. The van der Waals surface area contributed by atoms with E-state index >= 15 is 0 Å². The Bertz CT molecular complexity index is 1000. The van der Waals surface area contributed by atoms with Gasteiger partial charge in [-0.05, 0) is 54.1 Å². The van der Waals surface area contributed by atoms with Crippen molar-refractivity contribution < 1.29 is 32.3 Å². The molecule has 2 amide bonds. The van der Waals surface area contributed by atoms with Gasteiger partial charge in [-0.15, -0.1) is 0 Å². The van der Waals surface area contributed by atoms with Gasteiger partial charge in [0.15, 0.2) is 17.3 Å². The second-order valence-corrected chi connectivity index (χ2v) is 6.06. The van der Waals surface area contributed by atoms with Gasteiger partial charge in [0.25, 0.3) is 11.8 Å². The van der Waals surface area contributed by atoms with Gasteiger partial charge in [-0.25, -0.2) is 0 Å². The molecule has 7 nitrogen and oxygen atoms in total. The predicted molar refractivity (Wildman–Crippen MR) is 104 cm³/mol. The number of hydrogen-bond acceptors (Lipinski definition) is 5. The lowest BCUT2D eigenvalue weighted by atomic mass is 10.1. The van der Waals surface area contributed by atoms with Crippen LogP contribution in [0.15, 0.2) is 65.3 Å². The van der Waals surface area contributed by atoms with Crippen LogP contribution in [0.2, 0.25) is 0 Å². The maximum Gasteiger partial charge on any atom is 0.387 e. The standard InChI is InChI=1S/C21H18F2N2O5/c1-28-18-11-13(4-9-16(18)30-21(22)23)12-24-19(26)14-5-7-15(8-6-14)25-20(27)17-3-2-10-29-17/h2-11,21H,12H2,1H3,(H,24,26)(H,25,27). The van der Waals surface area contributed by atoms with E-state index in [1.807, 2.05) is 0 Å². The fraction of sp³-hybridized carbons (Fsp3) is 0.143. The van der Waals surface area contributed by atoms with Crippen LogP contribution in [-0.2, 0) is 6.54 Å². The Balaban J connectivity index is 1.57. The monoisotopic (exact) mass is 416 g/mol. The molecule has 0 saturated carbocycles. The fourth-order valence-corrected chi connectivity index (χ4v) is 2.61. The molecule has 3 aromatic rings. The summed E-state index contributed by atoms with van der Waals surface area (Å²) in [4.78, 5) is 24.3. The molecule has 1 aromatic heterocycles. The summed E-state index contributed by atoms with van der Waals surface area (Å²) in [7, 11) is 1.34. The van der Waals surface area contributed by atoms with E-state index in [0.29, 0.717) is 16.8 Å². The van der Waals surface area contributed by atoms with Gasteiger partial charge in [0.2, 0.25) is 0 Å². The summed E-state index contributed by atoms with van der Waals surface area (Å²) in [5.74, 6) is -0.512. The van der Waals surface area contributed by atoms with Crippen LogP contribution in [0.5, 0.6) is 11.5 Å². The Morgan fingerprint density at radius 2 is 1.80 bits per heavy atom. The highest BCUT2D eigenvalue weighted by molar-refractivity contribution is 6.02. The molecule has 0 atom stereocenters. The molecule has 0 saturated heterocycles. The van der Waals surface area contributed by atoms with Crippen LogP contribution in [0.4, 0.5) is 14.5 Å². The van der Waals surface area contributed by atoms with E-state index in [-0.39, 0.29) is 29.7 Å². The van der Waals surface area contributed by atoms with Crippen LogP contribution in [0.1, 0.15) is 26.5 Å². The van der Waals surface area contributed by atoms with E-state index in [2.05, 4.69) is 15.4 Å². The molecule has 0 aliphatic carbocycles. The number of furan rings is 1. The molecule has 0 aliphatic rings. The number of alkyl halides is 2. The van der Waals surface area contributed by atoms with Gasteiger partial charge in [-0.1, -0.05) is 6.07 Å². The SMILES string of the molecule is COc1cc(CNC(=O)c2ccc(NC(=O)c3ccco3)cc2)ccc1OC(F)F. The molecule has 0 spiro atoms. The van der Waals surface area contributed by atoms with Crippen LogP contribution in [0.3, 0.4) is 0 Å². The van der Waals surface area contributed by atoms with Crippen LogP contribution in [-0.4, -0.2) is 25.5 Å². The third kappa shape index (κ3) is 5.34. The van der Waals surface area contributed by atoms with Gasteiger partial charge in [-0.2, -0.15) is 8.78 Å². The molecule has 1 heterocycles. The zero-order valence-electron chi connectivity index (χ0n) is 15.9. The maximum atomic E-state index is 12.4. The number of benzene rings is 2. The lowest BCUT2D eigenvalue weighted by Crippen LogP contribution is -2.22. The highest BCUT2D eigenvalue weighted by atomic mass is 19.3. The highest BCUT2D eigenvalue weighted by Gasteiger charge is 2.13. The molecule has 2 N–H and O–H groups in total. The summed E-state index contributed by atoms with van der Waals surface area (Å²) in [5.41, 5.74) is 1.53. The van der Waals surface area contributed by atoms with E-state index in [0.717, 1.165) is 0 Å². The van der Waals surface area contributed by atoms with E-state index < -0.39 is 12.5 Å². The summed E-state index contributed by atoms with van der Waals surface area (Å²) in [6, 6.07) is 13.9. The van der Waals surface area contributed by atoms with Crippen molar-refractivity contribution in [3.63, 3.8) is 0 Å². The Kier molecular flexibility index (Phi) is 6.63. The minimum Gasteiger partial charge on any atom is -0.493 e. The Morgan fingerprint density at radius 3 is 2.43 bits per heavy atom. The number of methoxy groups -OCH3 is 1. The molecule has 2 aromatic carbocycles. The van der Waals surface area contributed by atoms with Crippen molar-refractivity contribution in [2.75, 3.05) is 12.4 Å². The van der Waals surface area contributed by atoms with Crippen molar-refractivity contribution >= 4 is 17.5 Å². The number of halogens is 2. The Hall–Kier alpha value is -3.88. The molecular weight excluding hydrogens is 398 g/mol. The normalized spacial score (nSPS) is 10.5. The quantitative estimate of drug-likeness (QED) is 0.578. The Labute approximate surface area is 170 Å². The van der Waals surface area contributed by atoms with Crippen LogP contribution >= 0.6 is 0 Å². The second kappa shape index (κ2) is 9.55. The minimum absolute atomic E-state index is 0.0882. The first-order valence-electron chi connectivity index (χ1n) is 8.81. The molecule has 0 unspecified atom stereocenters. The maximum absolute atomic E-state index is 12.4. The van der Waals surface area contributed by atoms with Crippen molar-refractivity contribution in [2.45, 2.75) is 13.2 Å². The molecule has 0 fully saturated rings. The number of amides is 2. The molecule has 0 bridgehead atoms. The summed E-state index contributed by atoms with van der Waals surface area (Å²) in [5, 5.41) is 5.38. The van der Waals surface area contributed by atoms with E-state index in [1.165, 1.54) is 31.6 Å². The number of ether oxygens (including phenoxy) is 2. The highest BCUT2D eigenvalue weighted by Crippen LogP contribution is 2.29. The zero-order chi connectivity index (χ0) is 21.5. The predicted octanol–water partition coefficient (Wildman–Crippen LogP) is 4.07. The summed E-state index contributed by atoms with van der Waals surface area (Å²) < 4.78 is 39.2. The van der Waals surface area contributed by atoms with E-state index in [9.17, 15) is 18.4 Å². The molecule has 9 heteroatoms. The first kappa shape index (κ1) is 20.8. The number of hydrogen-bond donors (Lipinski definition) is 2. The molecule has 156 valence electrons. The third-order valence-electron chi connectivity index (χ3n) is 4.05. The van der Waals surface area contributed by atoms with E-state index in [1.54, 1.807) is 36.4 Å². The fourth-order valence-electron chi connectivity index (χ4n) is 2.61. The van der Waals surface area contributed by atoms with Crippen LogP contribution in [0.25, 0.3) is 0 Å². The first-order valence-corrected chi connectivity index (χ1v) is 8.81. The van der Waals surface area contributed by atoms with Crippen molar-refractivity contribution in [2.24, 2.45) is 0 Å². The van der Waals surface area contributed by atoms with Crippen molar-refractivity contribution in [1.82, 2.24) is 5.32 Å². The topological polar surface area (TPSA) is 89.8 Å². The summed E-state index contributed by atoms with van der Waals surface area (Å²) in [6.07, 6.45) is 1.40.